The van der Waals surface area contributed by atoms with Crippen LogP contribution in [-0.2, 0) is 22.4 Å². The van der Waals surface area contributed by atoms with E-state index in [0.29, 0.717) is 19.5 Å². The molecule has 1 fully saturated rings. The van der Waals surface area contributed by atoms with Gasteiger partial charge in [0.2, 0.25) is 11.8 Å². The molecule has 2 aromatic rings. The van der Waals surface area contributed by atoms with Crippen LogP contribution in [0.2, 0.25) is 0 Å². The van der Waals surface area contributed by atoms with Gasteiger partial charge < -0.3 is 10.2 Å². The van der Waals surface area contributed by atoms with Crippen LogP contribution < -0.4 is 5.32 Å². The summed E-state index contributed by atoms with van der Waals surface area (Å²) in [5.41, 5.74) is 0.794. The third-order valence-corrected chi connectivity index (χ3v) is 5.27. The fraction of sp³-hybridized carbons (Fsp3) is 0.368. The Bertz CT molecular complexity index is 708. The Labute approximate surface area is 150 Å². The van der Waals surface area contributed by atoms with Crippen molar-refractivity contribution in [1.29, 1.82) is 0 Å². The molecule has 1 N–H and O–H groups in total. The van der Waals surface area contributed by atoms with E-state index in [2.05, 4.69) is 5.32 Å². The second kappa shape index (κ2) is 8.25. The minimum Gasteiger partial charge on any atom is -0.353 e. The van der Waals surface area contributed by atoms with Crippen LogP contribution in [0.15, 0.2) is 41.8 Å². The van der Waals surface area contributed by atoms with Crippen molar-refractivity contribution in [1.82, 2.24) is 10.2 Å². The number of benzene rings is 1. The SMILES string of the molecule is O=C(Cc1ccc(F)cc1)NC1CCN(C(=O)Cc2cccs2)CC1. The van der Waals surface area contributed by atoms with E-state index in [1.165, 1.54) is 12.1 Å². The van der Waals surface area contributed by atoms with E-state index in [4.69, 9.17) is 0 Å². The molecule has 0 unspecified atom stereocenters. The Balaban J connectivity index is 1.42. The quantitative estimate of drug-likeness (QED) is 0.891. The van der Waals surface area contributed by atoms with Gasteiger partial charge in [0.05, 0.1) is 12.8 Å². The molecule has 3 rings (SSSR count). The lowest BCUT2D eigenvalue weighted by Crippen LogP contribution is -2.47. The van der Waals surface area contributed by atoms with Crippen LogP contribution in [0.5, 0.6) is 0 Å². The van der Waals surface area contributed by atoms with E-state index in [1.54, 1.807) is 23.5 Å². The van der Waals surface area contributed by atoms with E-state index >= 15 is 0 Å². The van der Waals surface area contributed by atoms with Gasteiger partial charge >= 0.3 is 0 Å². The zero-order valence-corrected chi connectivity index (χ0v) is 14.7. The van der Waals surface area contributed by atoms with Crippen LogP contribution in [-0.4, -0.2) is 35.8 Å². The Hall–Kier alpha value is -2.21. The monoisotopic (exact) mass is 360 g/mol. The molecule has 0 atom stereocenters. The predicted molar refractivity (Wildman–Crippen MR) is 95.9 cm³/mol. The zero-order valence-electron chi connectivity index (χ0n) is 13.9. The maximum absolute atomic E-state index is 12.9. The van der Waals surface area contributed by atoms with Crippen molar-refractivity contribution in [2.45, 2.75) is 31.7 Å². The predicted octanol–water partition coefficient (Wildman–Crippen LogP) is 2.78. The standard InChI is InChI=1S/C19H21FN2O2S/c20-15-5-3-14(4-6-15)12-18(23)21-16-7-9-22(10-8-16)19(24)13-17-2-1-11-25-17/h1-6,11,16H,7-10,12-13H2,(H,21,23). The Kier molecular flexibility index (Phi) is 5.81. The summed E-state index contributed by atoms with van der Waals surface area (Å²) in [5.74, 6) is -0.211. The number of hydrogen-bond acceptors (Lipinski definition) is 3. The van der Waals surface area contributed by atoms with Crippen molar-refractivity contribution >= 4 is 23.2 Å². The minimum atomic E-state index is -0.302. The van der Waals surface area contributed by atoms with Gasteiger partial charge in [-0.2, -0.15) is 0 Å². The number of likely N-dealkylation sites (tertiary alicyclic amines) is 1. The highest BCUT2D eigenvalue weighted by Crippen LogP contribution is 2.15. The van der Waals surface area contributed by atoms with Crippen molar-refractivity contribution in [3.63, 3.8) is 0 Å². The van der Waals surface area contributed by atoms with Gasteiger partial charge in [0.25, 0.3) is 0 Å². The molecule has 1 aliphatic heterocycles. The second-order valence-corrected chi connectivity index (χ2v) is 7.31. The lowest BCUT2D eigenvalue weighted by molar-refractivity contribution is -0.131. The first-order chi connectivity index (χ1) is 12.1. The lowest BCUT2D eigenvalue weighted by atomic mass is 10.0. The van der Waals surface area contributed by atoms with Crippen molar-refractivity contribution in [3.05, 3.63) is 58.0 Å². The van der Waals surface area contributed by atoms with Crippen LogP contribution in [0, 0.1) is 5.82 Å². The van der Waals surface area contributed by atoms with Crippen LogP contribution in [0.1, 0.15) is 23.3 Å². The largest absolute Gasteiger partial charge is 0.353 e. The maximum atomic E-state index is 12.9. The Morgan fingerprint density at radius 2 is 1.84 bits per heavy atom. The average molecular weight is 360 g/mol. The second-order valence-electron chi connectivity index (χ2n) is 6.28. The number of nitrogens with one attached hydrogen (secondary N) is 1. The molecule has 0 radical (unpaired) electrons. The highest BCUT2D eigenvalue weighted by Gasteiger charge is 2.24. The average Bonchev–Trinajstić information content (AvgIpc) is 3.10. The summed E-state index contributed by atoms with van der Waals surface area (Å²) in [4.78, 5) is 27.3. The number of carbonyl (C=O) groups is 2. The Morgan fingerprint density at radius 3 is 2.48 bits per heavy atom. The van der Waals surface area contributed by atoms with E-state index in [-0.39, 0.29) is 30.1 Å². The highest BCUT2D eigenvalue weighted by atomic mass is 32.1. The number of thiophene rings is 1. The third-order valence-electron chi connectivity index (χ3n) is 4.40. The van der Waals surface area contributed by atoms with Crippen LogP contribution in [0.25, 0.3) is 0 Å². The van der Waals surface area contributed by atoms with Gasteiger partial charge in [0.1, 0.15) is 5.82 Å². The number of nitrogens with zero attached hydrogens (tertiary/aromatic N) is 1. The molecular formula is C19H21FN2O2S. The van der Waals surface area contributed by atoms with Gasteiger partial charge in [0, 0.05) is 24.0 Å². The van der Waals surface area contributed by atoms with Gasteiger partial charge in [-0.3, -0.25) is 9.59 Å². The summed E-state index contributed by atoms with van der Waals surface area (Å²) in [6.45, 7) is 1.34. The molecule has 2 heterocycles. The molecule has 1 aromatic carbocycles. The topological polar surface area (TPSA) is 49.4 Å². The number of piperidine rings is 1. The van der Waals surface area contributed by atoms with Gasteiger partial charge in [-0.25, -0.2) is 4.39 Å². The van der Waals surface area contributed by atoms with E-state index < -0.39 is 0 Å². The first kappa shape index (κ1) is 17.6. The summed E-state index contributed by atoms with van der Waals surface area (Å²) in [6, 6.07) is 10.0. The summed E-state index contributed by atoms with van der Waals surface area (Å²) in [7, 11) is 0. The van der Waals surface area contributed by atoms with Gasteiger partial charge in [0.15, 0.2) is 0 Å². The van der Waals surface area contributed by atoms with E-state index in [9.17, 15) is 14.0 Å². The van der Waals surface area contributed by atoms with Crippen molar-refractivity contribution < 1.29 is 14.0 Å². The van der Waals surface area contributed by atoms with E-state index in [0.717, 1.165) is 23.3 Å². The molecule has 4 nitrogen and oxygen atoms in total. The minimum absolute atomic E-state index is 0.0602. The van der Waals surface area contributed by atoms with E-state index in [1.807, 2.05) is 22.4 Å². The molecule has 2 amide bonds. The first-order valence-corrected chi connectivity index (χ1v) is 9.32. The number of halogens is 1. The molecular weight excluding hydrogens is 339 g/mol. The summed E-state index contributed by atoms with van der Waals surface area (Å²) >= 11 is 1.60. The maximum Gasteiger partial charge on any atom is 0.227 e. The molecule has 6 heteroatoms. The molecule has 0 aliphatic carbocycles. The Morgan fingerprint density at radius 1 is 1.12 bits per heavy atom. The molecule has 0 spiro atoms. The fourth-order valence-electron chi connectivity index (χ4n) is 3.01. The van der Waals surface area contributed by atoms with Gasteiger partial charge in [-0.05, 0) is 42.0 Å². The van der Waals surface area contributed by atoms with Crippen LogP contribution >= 0.6 is 11.3 Å². The smallest absolute Gasteiger partial charge is 0.227 e. The van der Waals surface area contributed by atoms with Crippen molar-refractivity contribution in [2.24, 2.45) is 0 Å². The number of rotatable bonds is 5. The molecule has 25 heavy (non-hydrogen) atoms. The normalized spacial score (nSPS) is 15.2. The summed E-state index contributed by atoms with van der Waals surface area (Å²) < 4.78 is 12.9. The zero-order chi connectivity index (χ0) is 17.6. The molecule has 132 valence electrons. The molecule has 1 saturated heterocycles. The number of amides is 2. The van der Waals surface area contributed by atoms with Gasteiger partial charge in [-0.1, -0.05) is 18.2 Å². The highest BCUT2D eigenvalue weighted by molar-refractivity contribution is 7.10. The van der Waals surface area contributed by atoms with Crippen LogP contribution in [0.4, 0.5) is 4.39 Å². The number of hydrogen-bond donors (Lipinski definition) is 1. The lowest BCUT2D eigenvalue weighted by Gasteiger charge is -2.32. The molecule has 0 saturated carbocycles. The number of carbonyl (C=O) groups excluding carboxylic acids is 2. The van der Waals surface area contributed by atoms with Crippen LogP contribution in [0.3, 0.4) is 0 Å². The van der Waals surface area contributed by atoms with Gasteiger partial charge in [-0.15, -0.1) is 11.3 Å². The molecule has 1 aliphatic rings. The molecule has 1 aromatic heterocycles. The fourth-order valence-corrected chi connectivity index (χ4v) is 3.71. The molecule has 0 bridgehead atoms. The van der Waals surface area contributed by atoms with Crippen molar-refractivity contribution in [2.75, 3.05) is 13.1 Å². The summed E-state index contributed by atoms with van der Waals surface area (Å²) in [5, 5.41) is 5.00. The first-order valence-electron chi connectivity index (χ1n) is 8.44. The third kappa shape index (κ3) is 5.13. The summed E-state index contributed by atoms with van der Waals surface area (Å²) in [6.07, 6.45) is 2.24. The van der Waals surface area contributed by atoms with Crippen molar-refractivity contribution in [3.8, 4) is 0 Å².